The Morgan fingerprint density at radius 1 is 1.33 bits per heavy atom. The van der Waals surface area contributed by atoms with Crippen molar-refractivity contribution in [1.29, 1.82) is 0 Å². The maximum absolute atomic E-state index is 12.2. The van der Waals surface area contributed by atoms with Gasteiger partial charge in [0.25, 0.3) is 11.5 Å². The van der Waals surface area contributed by atoms with E-state index in [2.05, 4.69) is 30.9 Å². The lowest BCUT2D eigenvalue weighted by molar-refractivity contribution is 0.0451. The van der Waals surface area contributed by atoms with E-state index in [1.807, 2.05) is 0 Å². The number of nitrogens with zero attached hydrogens (tertiary/aromatic N) is 4. The van der Waals surface area contributed by atoms with Crippen LogP contribution in [0.3, 0.4) is 0 Å². The lowest BCUT2D eigenvalue weighted by Gasteiger charge is -2.38. The molecule has 0 spiro atoms. The number of amides is 1. The Bertz CT molecular complexity index is 810. The number of rotatable bonds is 3. The zero-order chi connectivity index (χ0) is 17.5. The Morgan fingerprint density at radius 2 is 2.04 bits per heavy atom. The molecule has 0 unspecified atom stereocenters. The molecule has 1 fully saturated rings. The van der Waals surface area contributed by atoms with Crippen LogP contribution in [-0.4, -0.2) is 38.7 Å². The Labute approximate surface area is 140 Å². The molecule has 7 nitrogen and oxygen atoms in total. The molecule has 0 radical (unpaired) electrons. The van der Waals surface area contributed by atoms with E-state index in [0.717, 1.165) is 5.69 Å². The van der Waals surface area contributed by atoms with E-state index in [1.54, 1.807) is 24.0 Å². The normalized spacial score (nSPS) is 15.4. The third kappa shape index (κ3) is 3.25. The second kappa shape index (κ2) is 5.89. The molecule has 1 saturated heterocycles. The summed E-state index contributed by atoms with van der Waals surface area (Å²) in [5.74, 6) is 0.569. The number of hydrogen-bond acceptors (Lipinski definition) is 5. The highest BCUT2D eigenvalue weighted by Crippen LogP contribution is 2.21. The third-order valence-electron chi connectivity index (χ3n) is 4.15. The van der Waals surface area contributed by atoms with Gasteiger partial charge in [-0.05, 0) is 6.07 Å². The average Bonchev–Trinajstić information content (AvgIpc) is 2.89. The lowest BCUT2D eigenvalue weighted by atomic mass is 9.92. The Morgan fingerprint density at radius 3 is 2.62 bits per heavy atom. The Balaban J connectivity index is 1.63. The number of hydrogen-bond donors (Lipinski definition) is 0. The minimum absolute atomic E-state index is 0.109. The van der Waals surface area contributed by atoms with Gasteiger partial charge in [-0.2, -0.15) is 5.10 Å². The summed E-state index contributed by atoms with van der Waals surface area (Å²) >= 11 is 0. The molecule has 24 heavy (non-hydrogen) atoms. The van der Waals surface area contributed by atoms with Crippen LogP contribution in [0.1, 0.15) is 42.8 Å². The van der Waals surface area contributed by atoms with Gasteiger partial charge in [0.05, 0.1) is 12.2 Å². The molecule has 2 aromatic rings. The first-order chi connectivity index (χ1) is 11.2. The van der Waals surface area contributed by atoms with Gasteiger partial charge in [-0.25, -0.2) is 9.67 Å². The number of carbonyl (C=O) groups is 1. The van der Waals surface area contributed by atoms with Gasteiger partial charge in [-0.1, -0.05) is 20.8 Å². The fraction of sp³-hybridized carbons (Fsp3) is 0.529. The molecule has 3 heterocycles. The maximum atomic E-state index is 12.2. The second-order valence-electron chi connectivity index (χ2n) is 7.32. The van der Waals surface area contributed by atoms with Crippen molar-refractivity contribution in [1.82, 2.24) is 19.7 Å². The summed E-state index contributed by atoms with van der Waals surface area (Å²) in [7, 11) is 0. The fourth-order valence-electron chi connectivity index (χ4n) is 2.70. The first-order valence-corrected chi connectivity index (χ1v) is 8.04. The lowest BCUT2D eigenvalue weighted by Crippen LogP contribution is -2.52. The fourth-order valence-corrected chi connectivity index (χ4v) is 2.70. The van der Waals surface area contributed by atoms with Crippen LogP contribution in [0.5, 0.6) is 0 Å². The van der Waals surface area contributed by atoms with E-state index >= 15 is 0 Å². The number of carbonyl (C=O) groups excluding carboxylic acids is 1. The van der Waals surface area contributed by atoms with Crippen LogP contribution >= 0.6 is 0 Å². The molecular formula is C17H22N4O3. The van der Waals surface area contributed by atoms with Crippen molar-refractivity contribution in [3.8, 4) is 0 Å². The van der Waals surface area contributed by atoms with E-state index in [-0.39, 0.29) is 22.8 Å². The van der Waals surface area contributed by atoms with E-state index in [4.69, 9.17) is 4.42 Å². The monoisotopic (exact) mass is 330 g/mol. The number of aryl methyl sites for hydroxylation is 1. The third-order valence-corrected chi connectivity index (χ3v) is 4.15. The summed E-state index contributed by atoms with van der Waals surface area (Å²) in [5.41, 5.74) is 0.991. The first kappa shape index (κ1) is 16.4. The maximum Gasteiger partial charge on any atom is 0.275 e. The Hall–Kier alpha value is -2.44. The molecule has 1 amide bonds. The minimum atomic E-state index is -0.133. The number of aromatic nitrogens is 3. The van der Waals surface area contributed by atoms with Crippen molar-refractivity contribution in [2.75, 3.05) is 13.1 Å². The topological polar surface area (TPSA) is 81.2 Å². The summed E-state index contributed by atoms with van der Waals surface area (Å²) in [6.07, 6.45) is 1.38. The molecule has 128 valence electrons. The van der Waals surface area contributed by atoms with Crippen LogP contribution in [0.2, 0.25) is 0 Å². The molecule has 1 aliphatic heterocycles. The molecule has 0 bridgehead atoms. The molecule has 3 rings (SSSR count). The summed E-state index contributed by atoms with van der Waals surface area (Å²) in [5, 5.41) is 4.47. The zero-order valence-corrected chi connectivity index (χ0v) is 14.4. The largest absolute Gasteiger partial charge is 0.448 e. The van der Waals surface area contributed by atoms with Gasteiger partial charge in [-0.3, -0.25) is 9.59 Å². The Kier molecular flexibility index (Phi) is 4.03. The van der Waals surface area contributed by atoms with Crippen molar-refractivity contribution in [2.45, 2.75) is 39.7 Å². The first-order valence-electron chi connectivity index (χ1n) is 8.04. The van der Waals surface area contributed by atoms with Crippen LogP contribution < -0.4 is 5.56 Å². The van der Waals surface area contributed by atoms with Crippen molar-refractivity contribution < 1.29 is 9.21 Å². The van der Waals surface area contributed by atoms with E-state index in [0.29, 0.717) is 31.2 Å². The molecule has 0 saturated carbocycles. The summed E-state index contributed by atoms with van der Waals surface area (Å²) in [6, 6.07) is 3.34. The molecule has 0 aromatic carbocycles. The van der Waals surface area contributed by atoms with E-state index in [9.17, 15) is 9.59 Å². The summed E-state index contributed by atoms with van der Waals surface area (Å²) < 4.78 is 6.58. The molecule has 0 atom stereocenters. The average molecular weight is 330 g/mol. The molecule has 0 N–H and O–H groups in total. The summed E-state index contributed by atoms with van der Waals surface area (Å²) in [6.45, 7) is 9.60. The second-order valence-corrected chi connectivity index (χ2v) is 7.32. The number of oxazole rings is 1. The smallest absolute Gasteiger partial charge is 0.275 e. The van der Waals surface area contributed by atoms with Crippen molar-refractivity contribution in [2.24, 2.45) is 5.92 Å². The highest BCUT2D eigenvalue weighted by molar-refractivity contribution is 5.92. The summed E-state index contributed by atoms with van der Waals surface area (Å²) in [4.78, 5) is 30.0. The quantitative estimate of drug-likeness (QED) is 0.854. The number of likely N-dealkylation sites (tertiary alicyclic amines) is 1. The van der Waals surface area contributed by atoms with Gasteiger partial charge in [0, 0.05) is 37.4 Å². The van der Waals surface area contributed by atoms with Crippen LogP contribution in [0.25, 0.3) is 0 Å². The highest BCUT2D eigenvalue weighted by Gasteiger charge is 2.33. The van der Waals surface area contributed by atoms with Crippen LogP contribution in [0, 0.1) is 12.8 Å². The van der Waals surface area contributed by atoms with Gasteiger partial charge in [0.1, 0.15) is 6.26 Å². The standard InChI is InChI=1S/C17H22N4O3/c1-11-18-13(10-24-11)16(23)20-7-12(8-20)9-21-15(22)6-5-14(19-21)17(2,3)4/h5-6,10,12H,7-9H2,1-4H3. The molecule has 7 heteroatoms. The van der Waals surface area contributed by atoms with Gasteiger partial charge < -0.3 is 9.32 Å². The molecule has 1 aliphatic rings. The van der Waals surface area contributed by atoms with E-state index < -0.39 is 0 Å². The van der Waals surface area contributed by atoms with Gasteiger partial charge >= 0.3 is 0 Å². The van der Waals surface area contributed by atoms with Crippen molar-refractivity contribution in [3.05, 3.63) is 46.0 Å². The van der Waals surface area contributed by atoms with Gasteiger partial charge in [0.2, 0.25) is 0 Å². The predicted molar refractivity (Wildman–Crippen MR) is 87.8 cm³/mol. The highest BCUT2D eigenvalue weighted by atomic mass is 16.3. The van der Waals surface area contributed by atoms with Crippen LogP contribution in [-0.2, 0) is 12.0 Å². The minimum Gasteiger partial charge on any atom is -0.448 e. The molecule has 2 aromatic heterocycles. The SMILES string of the molecule is Cc1nc(C(=O)N2CC(Cn3nc(C(C)(C)C)ccc3=O)C2)co1. The van der Waals surface area contributed by atoms with Crippen molar-refractivity contribution in [3.63, 3.8) is 0 Å². The van der Waals surface area contributed by atoms with Crippen molar-refractivity contribution >= 4 is 5.91 Å². The van der Waals surface area contributed by atoms with Gasteiger partial charge in [0.15, 0.2) is 11.6 Å². The van der Waals surface area contributed by atoms with Crippen LogP contribution in [0.15, 0.2) is 27.6 Å². The van der Waals surface area contributed by atoms with E-state index in [1.165, 1.54) is 10.9 Å². The zero-order valence-electron chi connectivity index (χ0n) is 14.4. The predicted octanol–water partition coefficient (Wildman–Crippen LogP) is 1.61. The van der Waals surface area contributed by atoms with Crippen LogP contribution in [0.4, 0.5) is 0 Å². The van der Waals surface area contributed by atoms with Gasteiger partial charge in [-0.15, -0.1) is 0 Å². The molecular weight excluding hydrogens is 308 g/mol. The molecule has 0 aliphatic carbocycles.